The zero-order chi connectivity index (χ0) is 20.8. The van der Waals surface area contributed by atoms with Crippen LogP contribution in [0.4, 0.5) is 0 Å². The van der Waals surface area contributed by atoms with Crippen LogP contribution in [0, 0.1) is 0 Å². The Kier molecular flexibility index (Phi) is 11.6. The number of ether oxygens (including phenoxy) is 1. The van der Waals surface area contributed by atoms with Crippen LogP contribution in [-0.4, -0.2) is 63.7 Å². The molecule has 0 unspecified atom stereocenters. The van der Waals surface area contributed by atoms with Crippen molar-refractivity contribution in [3.05, 3.63) is 72.9 Å². The zero-order valence-corrected chi connectivity index (χ0v) is 17.3. The second-order valence-corrected chi connectivity index (χ2v) is 8.09. The summed E-state index contributed by atoms with van der Waals surface area (Å²) in [6.45, 7) is 9.65. The Hall–Kier alpha value is -1.77. The van der Waals surface area contributed by atoms with Gasteiger partial charge in [0.25, 0.3) is 10.1 Å². The number of allylic oxidation sites excluding steroid dienone is 2. The fraction of sp³-hybridized carbons (Fsp3) is 0.429. The normalized spacial score (nSPS) is 13.5. The van der Waals surface area contributed by atoms with Gasteiger partial charge in [0, 0.05) is 19.6 Å². The van der Waals surface area contributed by atoms with E-state index in [1.54, 1.807) is 12.2 Å². The van der Waals surface area contributed by atoms with Crippen molar-refractivity contribution in [3.8, 4) is 0 Å². The first kappa shape index (κ1) is 24.3. The lowest BCUT2D eigenvalue weighted by molar-refractivity contribution is 0.0223. The Labute approximate surface area is 168 Å². The maximum atomic E-state index is 11.1. The average Bonchev–Trinajstić information content (AvgIpc) is 2.64. The van der Waals surface area contributed by atoms with Crippen molar-refractivity contribution < 1.29 is 22.4 Å². The molecule has 1 rings (SSSR count). The number of aliphatic hydroxyl groups is 1. The van der Waals surface area contributed by atoms with Crippen LogP contribution in [-0.2, 0) is 25.6 Å². The Morgan fingerprint density at radius 3 is 2.61 bits per heavy atom. The van der Waals surface area contributed by atoms with Gasteiger partial charge in [-0.05, 0) is 17.6 Å². The SMILES string of the molecule is C=C/C=C(\C=C)COC[C@@H](O)CN(CCCOS(C)(=O)=O)Cc1ccccc1. The smallest absolute Gasteiger partial charge is 0.264 e. The maximum absolute atomic E-state index is 11.1. The van der Waals surface area contributed by atoms with Crippen molar-refractivity contribution in [2.75, 3.05) is 39.2 Å². The third-order valence-electron chi connectivity index (χ3n) is 3.81. The minimum absolute atomic E-state index is 0.117. The molecule has 0 radical (unpaired) electrons. The molecule has 0 bridgehead atoms. The summed E-state index contributed by atoms with van der Waals surface area (Å²) in [5.74, 6) is 0. The largest absolute Gasteiger partial charge is 0.389 e. The molecule has 1 N–H and O–H groups in total. The van der Waals surface area contributed by atoms with Gasteiger partial charge in [0.2, 0.25) is 0 Å². The standard InChI is InChI=1S/C21H31NO5S/c1-4-10-19(5-2)17-26-18-21(23)16-22(13-9-14-27-28(3,24)25)15-20-11-7-6-8-12-20/h4-8,10-12,21,23H,1-2,9,13-18H2,3H3/b19-10+/t21-/m0/s1. The van der Waals surface area contributed by atoms with E-state index in [0.717, 1.165) is 17.4 Å². The number of hydrogen-bond acceptors (Lipinski definition) is 6. The molecule has 156 valence electrons. The highest BCUT2D eigenvalue weighted by atomic mass is 32.2. The molecule has 0 heterocycles. The Morgan fingerprint density at radius 1 is 1.29 bits per heavy atom. The summed E-state index contributed by atoms with van der Waals surface area (Å²) in [5.41, 5.74) is 2.00. The molecule has 1 aromatic carbocycles. The van der Waals surface area contributed by atoms with E-state index in [4.69, 9.17) is 8.92 Å². The molecule has 6 nitrogen and oxygen atoms in total. The fourth-order valence-corrected chi connectivity index (χ4v) is 2.99. The Morgan fingerprint density at radius 2 is 2.00 bits per heavy atom. The molecule has 0 spiro atoms. The minimum atomic E-state index is -3.44. The van der Waals surface area contributed by atoms with Gasteiger partial charge in [0.15, 0.2) is 0 Å². The van der Waals surface area contributed by atoms with E-state index in [1.807, 2.05) is 36.4 Å². The van der Waals surface area contributed by atoms with Crippen LogP contribution in [0.5, 0.6) is 0 Å². The second-order valence-electron chi connectivity index (χ2n) is 6.45. The summed E-state index contributed by atoms with van der Waals surface area (Å²) in [6, 6.07) is 9.90. The van der Waals surface area contributed by atoms with Crippen LogP contribution >= 0.6 is 0 Å². The molecule has 0 aromatic heterocycles. The van der Waals surface area contributed by atoms with Crippen LogP contribution < -0.4 is 0 Å². The molecule has 0 saturated carbocycles. The Balaban J connectivity index is 2.53. The van der Waals surface area contributed by atoms with Crippen LogP contribution in [0.1, 0.15) is 12.0 Å². The highest BCUT2D eigenvalue weighted by molar-refractivity contribution is 7.85. The molecule has 1 aromatic rings. The molecular formula is C21H31NO5S. The molecule has 0 saturated heterocycles. The summed E-state index contributed by atoms with van der Waals surface area (Å²) in [5, 5.41) is 10.3. The van der Waals surface area contributed by atoms with Crippen LogP contribution in [0.3, 0.4) is 0 Å². The third kappa shape index (κ3) is 11.8. The predicted molar refractivity (Wildman–Crippen MR) is 112 cm³/mol. The molecule has 28 heavy (non-hydrogen) atoms. The third-order valence-corrected chi connectivity index (χ3v) is 4.40. The van der Waals surface area contributed by atoms with E-state index in [-0.39, 0.29) is 13.2 Å². The van der Waals surface area contributed by atoms with Gasteiger partial charge >= 0.3 is 0 Å². The monoisotopic (exact) mass is 409 g/mol. The van der Waals surface area contributed by atoms with Gasteiger partial charge in [-0.25, -0.2) is 0 Å². The minimum Gasteiger partial charge on any atom is -0.389 e. The van der Waals surface area contributed by atoms with Crippen molar-refractivity contribution in [2.24, 2.45) is 0 Å². The van der Waals surface area contributed by atoms with Crippen molar-refractivity contribution in [1.82, 2.24) is 4.90 Å². The summed E-state index contributed by atoms with van der Waals surface area (Å²) in [6.07, 6.45) is 6.07. The summed E-state index contributed by atoms with van der Waals surface area (Å²) >= 11 is 0. The van der Waals surface area contributed by atoms with Gasteiger partial charge in [0.05, 0.1) is 32.2 Å². The molecule has 0 aliphatic rings. The topological polar surface area (TPSA) is 76.1 Å². The number of aliphatic hydroxyl groups excluding tert-OH is 1. The van der Waals surface area contributed by atoms with Gasteiger partial charge in [-0.2, -0.15) is 8.42 Å². The molecule has 0 fully saturated rings. The quantitative estimate of drug-likeness (QED) is 0.273. The molecule has 7 heteroatoms. The van der Waals surface area contributed by atoms with Crippen molar-refractivity contribution in [2.45, 2.75) is 19.1 Å². The van der Waals surface area contributed by atoms with E-state index in [0.29, 0.717) is 32.7 Å². The van der Waals surface area contributed by atoms with E-state index >= 15 is 0 Å². The molecular weight excluding hydrogens is 378 g/mol. The molecule has 0 amide bonds. The highest BCUT2D eigenvalue weighted by Crippen LogP contribution is 2.07. The first-order chi connectivity index (χ1) is 13.3. The lowest BCUT2D eigenvalue weighted by Crippen LogP contribution is -2.35. The van der Waals surface area contributed by atoms with Gasteiger partial charge < -0.3 is 9.84 Å². The summed E-state index contributed by atoms with van der Waals surface area (Å²) in [7, 11) is -3.44. The second kappa shape index (κ2) is 13.4. The van der Waals surface area contributed by atoms with E-state index in [9.17, 15) is 13.5 Å². The van der Waals surface area contributed by atoms with Crippen molar-refractivity contribution >= 4 is 10.1 Å². The van der Waals surface area contributed by atoms with Crippen molar-refractivity contribution in [1.29, 1.82) is 0 Å². The summed E-state index contributed by atoms with van der Waals surface area (Å²) in [4.78, 5) is 2.06. The molecule has 1 atom stereocenters. The van der Waals surface area contributed by atoms with Gasteiger partial charge in [-0.3, -0.25) is 9.08 Å². The average molecular weight is 410 g/mol. The highest BCUT2D eigenvalue weighted by Gasteiger charge is 2.13. The molecule has 0 aliphatic heterocycles. The fourth-order valence-electron chi connectivity index (χ4n) is 2.56. The van der Waals surface area contributed by atoms with Gasteiger partial charge in [-0.1, -0.05) is 61.7 Å². The van der Waals surface area contributed by atoms with Crippen LogP contribution in [0.2, 0.25) is 0 Å². The Bertz CT molecular complexity index is 716. The van der Waals surface area contributed by atoms with E-state index in [1.165, 1.54) is 0 Å². The number of hydrogen-bond donors (Lipinski definition) is 1. The van der Waals surface area contributed by atoms with Crippen LogP contribution in [0.15, 0.2) is 67.3 Å². The van der Waals surface area contributed by atoms with Gasteiger partial charge in [-0.15, -0.1) is 0 Å². The first-order valence-corrected chi connectivity index (χ1v) is 11.0. The lowest BCUT2D eigenvalue weighted by atomic mass is 10.2. The van der Waals surface area contributed by atoms with Crippen molar-refractivity contribution in [3.63, 3.8) is 0 Å². The number of nitrogens with zero attached hydrogens (tertiary/aromatic N) is 1. The van der Waals surface area contributed by atoms with E-state index in [2.05, 4.69) is 18.1 Å². The maximum Gasteiger partial charge on any atom is 0.264 e. The first-order valence-electron chi connectivity index (χ1n) is 9.14. The summed E-state index contributed by atoms with van der Waals surface area (Å²) < 4.78 is 32.5. The number of benzene rings is 1. The lowest BCUT2D eigenvalue weighted by Gasteiger charge is -2.25. The van der Waals surface area contributed by atoms with Gasteiger partial charge in [0.1, 0.15) is 0 Å². The predicted octanol–water partition coefficient (Wildman–Crippen LogP) is 2.53. The number of rotatable bonds is 15. The van der Waals surface area contributed by atoms with E-state index < -0.39 is 16.2 Å². The zero-order valence-electron chi connectivity index (χ0n) is 16.5. The molecule has 0 aliphatic carbocycles. The van der Waals surface area contributed by atoms with Crippen LogP contribution in [0.25, 0.3) is 0 Å².